The van der Waals surface area contributed by atoms with Crippen molar-refractivity contribution in [3.05, 3.63) is 76.1 Å². The lowest BCUT2D eigenvalue weighted by molar-refractivity contribution is 0.0941. The Balaban J connectivity index is 1.34. The van der Waals surface area contributed by atoms with Crippen molar-refractivity contribution in [2.75, 3.05) is 12.4 Å². The summed E-state index contributed by atoms with van der Waals surface area (Å²) in [7, 11) is 1.57. The molecule has 2 aromatic heterocycles. The smallest absolute Gasteiger partial charge is 0.286 e. The number of rotatable bonds is 7. The van der Waals surface area contributed by atoms with E-state index in [0.717, 1.165) is 16.9 Å². The van der Waals surface area contributed by atoms with Gasteiger partial charge in [0.25, 0.3) is 11.8 Å². The highest BCUT2D eigenvalue weighted by atomic mass is 32.1. The van der Waals surface area contributed by atoms with Gasteiger partial charge >= 0.3 is 0 Å². The predicted molar refractivity (Wildman–Crippen MR) is 114 cm³/mol. The second-order valence-corrected chi connectivity index (χ2v) is 7.52. The number of aromatic nitrogens is 3. The Labute approximate surface area is 185 Å². The molecule has 0 bridgehead atoms. The van der Waals surface area contributed by atoms with Crippen molar-refractivity contribution in [2.24, 2.45) is 0 Å². The zero-order valence-corrected chi connectivity index (χ0v) is 17.5. The van der Waals surface area contributed by atoms with E-state index in [0.29, 0.717) is 22.2 Å². The number of carbonyl (C=O) groups excluding carboxylic acids is 2. The number of ether oxygens (including phenoxy) is 1. The second kappa shape index (κ2) is 9.35. The summed E-state index contributed by atoms with van der Waals surface area (Å²) in [5.41, 5.74) is 1.15. The Morgan fingerprint density at radius 3 is 2.66 bits per heavy atom. The fourth-order valence-electron chi connectivity index (χ4n) is 2.69. The maximum Gasteiger partial charge on any atom is 0.286 e. The molecule has 0 spiro atoms. The molecule has 0 saturated carbocycles. The van der Waals surface area contributed by atoms with Gasteiger partial charge in [0, 0.05) is 17.3 Å². The zero-order chi connectivity index (χ0) is 22.5. The molecule has 0 atom stereocenters. The van der Waals surface area contributed by atoms with Crippen molar-refractivity contribution >= 4 is 28.8 Å². The van der Waals surface area contributed by atoms with E-state index in [-0.39, 0.29) is 17.2 Å². The first kappa shape index (κ1) is 21.1. The summed E-state index contributed by atoms with van der Waals surface area (Å²) in [5, 5.41) is 17.2. The third kappa shape index (κ3) is 4.95. The van der Waals surface area contributed by atoms with Crippen LogP contribution in [0, 0.1) is 5.82 Å². The average Bonchev–Trinajstić information content (AvgIpc) is 3.48. The van der Waals surface area contributed by atoms with Crippen molar-refractivity contribution in [2.45, 2.75) is 6.54 Å². The third-order valence-electron chi connectivity index (χ3n) is 4.26. The minimum Gasteiger partial charge on any atom is -0.497 e. The molecule has 0 fully saturated rings. The summed E-state index contributed by atoms with van der Waals surface area (Å²) in [5.74, 6) is -0.315. The third-order valence-corrected chi connectivity index (χ3v) is 5.18. The van der Waals surface area contributed by atoms with Crippen molar-refractivity contribution in [1.82, 2.24) is 20.7 Å². The van der Waals surface area contributed by atoms with Gasteiger partial charge in [-0.1, -0.05) is 22.6 Å². The number of anilines is 1. The number of nitrogens with zero attached hydrogens (tertiary/aromatic N) is 3. The van der Waals surface area contributed by atoms with E-state index in [2.05, 4.69) is 26.0 Å². The molecule has 2 amide bonds. The van der Waals surface area contributed by atoms with E-state index < -0.39 is 17.6 Å². The van der Waals surface area contributed by atoms with Crippen LogP contribution in [0.4, 0.5) is 10.1 Å². The number of hydrogen-bond donors (Lipinski definition) is 2. The lowest BCUT2D eigenvalue weighted by atomic mass is 10.1. The minimum absolute atomic E-state index is 0.0501. The predicted octanol–water partition coefficient (Wildman–Crippen LogP) is 3.52. The van der Waals surface area contributed by atoms with Gasteiger partial charge in [-0.05, 0) is 42.5 Å². The van der Waals surface area contributed by atoms with E-state index >= 15 is 0 Å². The fourth-order valence-corrected chi connectivity index (χ4v) is 3.36. The molecule has 0 aliphatic heterocycles. The average molecular weight is 453 g/mol. The number of nitrogens with one attached hydrogen (secondary N) is 2. The molecule has 4 aromatic rings. The number of carbonyl (C=O) groups is 2. The summed E-state index contributed by atoms with van der Waals surface area (Å²) in [6, 6.07) is 14.2. The Morgan fingerprint density at radius 2 is 1.91 bits per heavy atom. The van der Waals surface area contributed by atoms with Crippen LogP contribution in [0.2, 0.25) is 0 Å². The molecule has 0 aliphatic rings. The van der Waals surface area contributed by atoms with Gasteiger partial charge in [-0.25, -0.2) is 4.39 Å². The van der Waals surface area contributed by atoms with Crippen LogP contribution in [0.15, 0.2) is 59.1 Å². The van der Waals surface area contributed by atoms with Crippen LogP contribution in [0.25, 0.3) is 11.3 Å². The monoisotopic (exact) mass is 453 g/mol. The highest BCUT2D eigenvalue weighted by molar-refractivity contribution is 7.13. The SMILES string of the molecule is COc1ccc(-c2cc(C(=O)NCc3nnc(C(=O)Nc4cccc(F)c4)s3)no2)cc1. The quantitative estimate of drug-likeness (QED) is 0.439. The number of methoxy groups -OCH3 is 1. The first-order chi connectivity index (χ1) is 15.5. The van der Waals surface area contributed by atoms with Gasteiger partial charge in [0.05, 0.1) is 13.7 Å². The molecule has 9 nitrogen and oxygen atoms in total. The van der Waals surface area contributed by atoms with Crippen LogP contribution in [0.1, 0.15) is 25.3 Å². The van der Waals surface area contributed by atoms with Crippen LogP contribution in [-0.2, 0) is 6.54 Å². The first-order valence-electron chi connectivity index (χ1n) is 9.30. The molecule has 4 rings (SSSR count). The molecule has 32 heavy (non-hydrogen) atoms. The number of halogens is 1. The zero-order valence-electron chi connectivity index (χ0n) is 16.7. The van der Waals surface area contributed by atoms with E-state index in [9.17, 15) is 14.0 Å². The molecule has 0 saturated heterocycles. The summed E-state index contributed by atoms with van der Waals surface area (Å²) in [6.45, 7) is 0.0501. The van der Waals surface area contributed by atoms with Crippen LogP contribution in [0.3, 0.4) is 0 Å². The van der Waals surface area contributed by atoms with Crippen LogP contribution in [0.5, 0.6) is 5.75 Å². The summed E-state index contributed by atoms with van der Waals surface area (Å²) in [6.07, 6.45) is 0. The summed E-state index contributed by atoms with van der Waals surface area (Å²) >= 11 is 1.01. The Hall–Kier alpha value is -4.12. The van der Waals surface area contributed by atoms with Crippen molar-refractivity contribution in [1.29, 1.82) is 0 Å². The molecule has 162 valence electrons. The van der Waals surface area contributed by atoms with Crippen LogP contribution >= 0.6 is 11.3 Å². The van der Waals surface area contributed by atoms with Gasteiger partial charge in [-0.15, -0.1) is 10.2 Å². The van der Waals surface area contributed by atoms with Gasteiger partial charge in [0.15, 0.2) is 11.5 Å². The minimum atomic E-state index is -0.522. The van der Waals surface area contributed by atoms with Gasteiger partial charge in [0.2, 0.25) is 5.01 Å². The van der Waals surface area contributed by atoms with E-state index in [1.165, 1.54) is 24.3 Å². The Bertz CT molecular complexity index is 1260. The molecule has 0 unspecified atom stereocenters. The van der Waals surface area contributed by atoms with Crippen molar-refractivity contribution in [3.8, 4) is 17.1 Å². The topological polar surface area (TPSA) is 119 Å². The molecule has 0 radical (unpaired) electrons. The Kier molecular flexibility index (Phi) is 6.17. The Morgan fingerprint density at radius 1 is 1.09 bits per heavy atom. The van der Waals surface area contributed by atoms with Gasteiger partial charge in [0.1, 0.15) is 16.6 Å². The highest BCUT2D eigenvalue weighted by Crippen LogP contribution is 2.23. The molecule has 2 N–H and O–H groups in total. The van der Waals surface area contributed by atoms with E-state index in [1.54, 1.807) is 37.4 Å². The van der Waals surface area contributed by atoms with Crippen LogP contribution < -0.4 is 15.4 Å². The number of amides is 2. The fraction of sp³-hybridized carbons (Fsp3) is 0.0952. The van der Waals surface area contributed by atoms with Gasteiger partial charge < -0.3 is 19.9 Å². The normalized spacial score (nSPS) is 10.6. The second-order valence-electron chi connectivity index (χ2n) is 6.45. The maximum atomic E-state index is 13.2. The van der Waals surface area contributed by atoms with E-state index in [1.807, 2.05) is 0 Å². The standard InChI is InChI=1S/C21H16FN5O4S/c1-30-15-7-5-12(6-8-15)17-10-16(27-31-17)19(28)23-11-18-25-26-21(32-18)20(29)24-14-4-2-3-13(22)9-14/h2-10H,11H2,1H3,(H,23,28)(H,24,29). The van der Waals surface area contributed by atoms with Crippen LogP contribution in [-0.4, -0.2) is 34.3 Å². The lowest BCUT2D eigenvalue weighted by Gasteiger charge is -2.01. The lowest BCUT2D eigenvalue weighted by Crippen LogP contribution is -2.22. The first-order valence-corrected chi connectivity index (χ1v) is 10.1. The molecular formula is C21H16FN5O4S. The molecule has 2 aromatic carbocycles. The van der Waals surface area contributed by atoms with E-state index in [4.69, 9.17) is 9.26 Å². The highest BCUT2D eigenvalue weighted by Gasteiger charge is 2.17. The summed E-state index contributed by atoms with van der Waals surface area (Å²) < 4.78 is 23.6. The van der Waals surface area contributed by atoms with Gasteiger partial charge in [-0.2, -0.15) is 0 Å². The molecule has 0 aliphatic carbocycles. The van der Waals surface area contributed by atoms with Crippen molar-refractivity contribution in [3.63, 3.8) is 0 Å². The molecule has 2 heterocycles. The van der Waals surface area contributed by atoms with Crippen molar-refractivity contribution < 1.29 is 23.2 Å². The molecule has 11 heteroatoms. The summed E-state index contributed by atoms with van der Waals surface area (Å²) in [4.78, 5) is 24.6. The molecular weight excluding hydrogens is 437 g/mol. The number of benzene rings is 2. The largest absolute Gasteiger partial charge is 0.497 e. The maximum absolute atomic E-state index is 13.2. The van der Waals surface area contributed by atoms with Gasteiger partial charge in [-0.3, -0.25) is 9.59 Å². The number of hydrogen-bond acceptors (Lipinski definition) is 8.